The van der Waals surface area contributed by atoms with Crippen molar-refractivity contribution in [3.8, 4) is 17.1 Å². The quantitative estimate of drug-likeness (QED) is 0.687. The molecule has 0 bridgehead atoms. The smallest absolute Gasteiger partial charge is 0.238 e. The Bertz CT molecular complexity index is 1210. The number of hydrogen-bond donors (Lipinski definition) is 2. The summed E-state index contributed by atoms with van der Waals surface area (Å²) in [6.07, 6.45) is 7.37. The number of aliphatic imine (C=N–C) groups is 1. The van der Waals surface area contributed by atoms with Crippen LogP contribution >= 0.6 is 0 Å². The predicted octanol–water partition coefficient (Wildman–Crippen LogP) is 2.20. The molecule has 2 aromatic heterocycles. The third kappa shape index (κ3) is 3.93. The highest BCUT2D eigenvalue weighted by molar-refractivity contribution is 6.02. The molecule has 2 aliphatic rings. The van der Waals surface area contributed by atoms with Gasteiger partial charge >= 0.3 is 0 Å². The highest BCUT2D eigenvalue weighted by atomic mass is 16.5. The summed E-state index contributed by atoms with van der Waals surface area (Å²) in [5.41, 5.74) is 17.5. The molecule has 33 heavy (non-hydrogen) atoms. The molecule has 4 rings (SSSR count). The number of aromatic nitrogens is 3. The highest BCUT2D eigenvalue weighted by Gasteiger charge is 2.33. The molecule has 0 saturated heterocycles. The average molecular weight is 451 g/mol. The summed E-state index contributed by atoms with van der Waals surface area (Å²) >= 11 is 0. The van der Waals surface area contributed by atoms with Gasteiger partial charge in [0.05, 0.1) is 36.8 Å². The molecule has 4 heterocycles. The van der Waals surface area contributed by atoms with Crippen LogP contribution in [0.5, 0.6) is 5.88 Å². The number of anilines is 1. The fourth-order valence-corrected chi connectivity index (χ4v) is 3.78. The van der Waals surface area contributed by atoms with Gasteiger partial charge in [0.1, 0.15) is 11.5 Å². The van der Waals surface area contributed by atoms with Crippen LogP contribution in [-0.2, 0) is 11.8 Å². The van der Waals surface area contributed by atoms with Gasteiger partial charge in [0.15, 0.2) is 0 Å². The molecule has 174 valence electrons. The van der Waals surface area contributed by atoms with E-state index in [0.29, 0.717) is 29.6 Å². The molecule has 2 aliphatic heterocycles. The number of guanidine groups is 1. The van der Waals surface area contributed by atoms with E-state index >= 15 is 0 Å². The number of rotatable bonds is 6. The fraction of sp³-hybridized carbons (Fsp3) is 0.348. The summed E-state index contributed by atoms with van der Waals surface area (Å²) in [5.74, 6) is 1.19. The summed E-state index contributed by atoms with van der Waals surface area (Å²) in [6, 6.07) is 3.81. The predicted molar refractivity (Wildman–Crippen MR) is 128 cm³/mol. The van der Waals surface area contributed by atoms with E-state index in [4.69, 9.17) is 25.9 Å². The van der Waals surface area contributed by atoms with Crippen LogP contribution in [0.2, 0.25) is 0 Å². The molecule has 0 amide bonds. The van der Waals surface area contributed by atoms with Gasteiger partial charge in [-0.15, -0.1) is 0 Å². The maximum atomic E-state index is 6.65. The molecule has 0 radical (unpaired) electrons. The van der Waals surface area contributed by atoms with Crippen molar-refractivity contribution in [2.24, 2.45) is 23.5 Å². The van der Waals surface area contributed by atoms with Crippen molar-refractivity contribution in [2.45, 2.75) is 26.4 Å². The molecule has 10 heteroatoms. The van der Waals surface area contributed by atoms with E-state index in [1.807, 2.05) is 57.1 Å². The average Bonchev–Trinajstić information content (AvgIpc) is 3.13. The van der Waals surface area contributed by atoms with Gasteiger partial charge in [-0.2, -0.15) is 5.10 Å². The maximum absolute atomic E-state index is 6.65. The third-order valence-corrected chi connectivity index (χ3v) is 5.94. The standard InChI is InChI=1S/C23H30N8O2/c1-14-16(12-27-29(14)4)17-7-8-18(21(28-17)32-5)31-19-15(11-26-22(31)25)9-10-30(20(19)24)13-23(2,3)33-6/h7-12H,13,24H2,1-6H3,(H2,25,26). The number of hydrogen-bond acceptors (Lipinski definition) is 9. The maximum Gasteiger partial charge on any atom is 0.238 e. The van der Waals surface area contributed by atoms with Crippen LogP contribution in [-0.4, -0.2) is 52.0 Å². The van der Waals surface area contributed by atoms with Crippen molar-refractivity contribution in [2.75, 3.05) is 25.7 Å². The van der Waals surface area contributed by atoms with E-state index in [1.165, 1.54) is 0 Å². The van der Waals surface area contributed by atoms with E-state index in [9.17, 15) is 0 Å². The molecular formula is C23H30N8O2. The summed E-state index contributed by atoms with van der Waals surface area (Å²) in [4.78, 5) is 12.8. The number of nitrogens with zero attached hydrogens (tertiary/aromatic N) is 6. The van der Waals surface area contributed by atoms with Crippen LogP contribution in [0.3, 0.4) is 0 Å². The van der Waals surface area contributed by atoms with Crippen molar-refractivity contribution >= 4 is 11.6 Å². The van der Waals surface area contributed by atoms with Crippen molar-refractivity contribution in [1.29, 1.82) is 0 Å². The first-order chi connectivity index (χ1) is 15.7. The number of methoxy groups -OCH3 is 2. The fourth-order valence-electron chi connectivity index (χ4n) is 3.78. The molecular weight excluding hydrogens is 420 g/mol. The Morgan fingerprint density at radius 3 is 2.55 bits per heavy atom. The second-order valence-electron chi connectivity index (χ2n) is 8.54. The first kappa shape index (κ1) is 22.4. The van der Waals surface area contributed by atoms with Gasteiger partial charge in [0.25, 0.3) is 0 Å². The van der Waals surface area contributed by atoms with Crippen molar-refractivity contribution in [1.82, 2.24) is 19.7 Å². The third-order valence-electron chi connectivity index (χ3n) is 5.94. The minimum Gasteiger partial charge on any atom is -0.479 e. The van der Waals surface area contributed by atoms with Gasteiger partial charge in [-0.3, -0.25) is 9.58 Å². The summed E-state index contributed by atoms with van der Waals surface area (Å²) in [7, 11) is 5.15. The van der Waals surface area contributed by atoms with E-state index in [0.717, 1.165) is 22.5 Å². The second kappa shape index (κ2) is 8.28. The minimum atomic E-state index is -0.404. The van der Waals surface area contributed by atoms with Gasteiger partial charge in [-0.25, -0.2) is 9.98 Å². The Kier molecular flexibility index (Phi) is 5.62. The zero-order chi connectivity index (χ0) is 23.9. The molecule has 0 atom stereocenters. The molecule has 0 spiro atoms. The van der Waals surface area contributed by atoms with Crippen LogP contribution in [0.25, 0.3) is 11.3 Å². The SMILES string of the molecule is COc1nc(-c2cnn(C)c2C)ccc1N1C(N)=NC=C2C=CN(CC(C)(C)OC)C(N)=C21. The molecule has 10 nitrogen and oxygen atoms in total. The number of aryl methyl sites for hydroxylation is 1. The Balaban J connectivity index is 1.79. The minimum absolute atomic E-state index is 0.267. The molecule has 0 aliphatic carbocycles. The van der Waals surface area contributed by atoms with Crippen molar-refractivity contribution in [3.05, 3.63) is 59.6 Å². The van der Waals surface area contributed by atoms with Crippen molar-refractivity contribution < 1.29 is 9.47 Å². The van der Waals surface area contributed by atoms with E-state index in [2.05, 4.69) is 10.1 Å². The molecule has 4 N–H and O–H groups in total. The van der Waals surface area contributed by atoms with Crippen LogP contribution in [0.15, 0.2) is 58.9 Å². The molecule has 0 unspecified atom stereocenters. The van der Waals surface area contributed by atoms with Gasteiger partial charge in [-0.1, -0.05) is 0 Å². The number of allylic oxidation sites excluding steroid dienone is 1. The Morgan fingerprint density at radius 1 is 1.15 bits per heavy atom. The number of fused-ring (bicyclic) bond motifs is 1. The number of pyridine rings is 1. The number of ether oxygens (including phenoxy) is 2. The van der Waals surface area contributed by atoms with Crippen LogP contribution < -0.4 is 21.1 Å². The van der Waals surface area contributed by atoms with Gasteiger partial charge in [-0.05, 0) is 39.0 Å². The monoisotopic (exact) mass is 450 g/mol. The second-order valence-corrected chi connectivity index (χ2v) is 8.54. The molecule has 0 saturated carbocycles. The lowest BCUT2D eigenvalue weighted by Gasteiger charge is -2.38. The van der Waals surface area contributed by atoms with Gasteiger partial charge in [0.2, 0.25) is 11.8 Å². The summed E-state index contributed by atoms with van der Waals surface area (Å²) in [6.45, 7) is 6.56. The van der Waals surface area contributed by atoms with Crippen molar-refractivity contribution in [3.63, 3.8) is 0 Å². The van der Waals surface area contributed by atoms with Crippen LogP contribution in [0, 0.1) is 6.92 Å². The molecule has 2 aromatic rings. The Hall–Kier alpha value is -3.79. The zero-order valence-electron chi connectivity index (χ0n) is 19.8. The van der Waals surface area contributed by atoms with Crippen LogP contribution in [0.1, 0.15) is 19.5 Å². The summed E-state index contributed by atoms with van der Waals surface area (Å²) < 4.78 is 13.1. The Labute approximate surface area is 193 Å². The van der Waals surface area contributed by atoms with Crippen LogP contribution in [0.4, 0.5) is 5.69 Å². The zero-order valence-corrected chi connectivity index (χ0v) is 19.8. The molecule has 0 fully saturated rings. The largest absolute Gasteiger partial charge is 0.479 e. The van der Waals surface area contributed by atoms with E-state index in [-0.39, 0.29) is 5.96 Å². The molecule has 0 aromatic carbocycles. The topological polar surface area (TPSA) is 120 Å². The number of nitrogens with two attached hydrogens (primary N) is 2. The lowest BCUT2D eigenvalue weighted by atomic mass is 10.0. The lowest BCUT2D eigenvalue weighted by Crippen LogP contribution is -2.46. The first-order valence-corrected chi connectivity index (χ1v) is 10.5. The highest BCUT2D eigenvalue weighted by Crippen LogP contribution is 2.38. The summed E-state index contributed by atoms with van der Waals surface area (Å²) in [5, 5.41) is 4.31. The van der Waals surface area contributed by atoms with Gasteiger partial charge in [0, 0.05) is 43.4 Å². The lowest BCUT2D eigenvalue weighted by molar-refractivity contribution is 0.00703. The normalized spacial score (nSPS) is 16.1. The van der Waals surface area contributed by atoms with Gasteiger partial charge < -0.3 is 25.8 Å². The van der Waals surface area contributed by atoms with E-state index < -0.39 is 5.60 Å². The van der Waals surface area contributed by atoms with E-state index in [1.54, 1.807) is 36.2 Å². The Morgan fingerprint density at radius 2 is 1.91 bits per heavy atom. The first-order valence-electron chi connectivity index (χ1n) is 10.5.